The van der Waals surface area contributed by atoms with Gasteiger partial charge >= 0.3 is 0 Å². The molecule has 0 radical (unpaired) electrons. The Hall–Kier alpha value is -1.58. The van der Waals surface area contributed by atoms with Gasteiger partial charge in [-0.05, 0) is 40.2 Å². The van der Waals surface area contributed by atoms with Crippen molar-refractivity contribution in [3.05, 3.63) is 17.0 Å². The molecule has 0 atom stereocenters. The Morgan fingerprint density at radius 1 is 1.12 bits per heavy atom. The summed E-state index contributed by atoms with van der Waals surface area (Å²) >= 11 is 0. The lowest BCUT2D eigenvalue weighted by atomic mass is 10.2. The molecule has 2 aromatic rings. The number of nitrogens with two attached hydrogens (primary N) is 1. The van der Waals surface area contributed by atoms with Crippen LogP contribution in [-0.2, 0) is 0 Å². The van der Waals surface area contributed by atoms with Crippen LogP contribution >= 0.6 is 0 Å². The van der Waals surface area contributed by atoms with E-state index in [4.69, 9.17) is 5.73 Å². The highest BCUT2D eigenvalue weighted by Gasteiger charge is 2.18. The number of fused-ring (bicyclic) bond motifs is 1. The number of hydrogen-bond acceptors (Lipinski definition) is 3. The molecule has 0 aliphatic rings. The van der Waals surface area contributed by atoms with Crippen LogP contribution in [0.25, 0.3) is 10.9 Å². The Bertz CT molecular complexity index is 552. The van der Waals surface area contributed by atoms with Gasteiger partial charge in [0.1, 0.15) is 0 Å². The number of rotatable bonds is 1. The van der Waals surface area contributed by atoms with Crippen LogP contribution in [0.3, 0.4) is 0 Å². The molecule has 2 rings (SSSR count). The zero-order chi connectivity index (χ0) is 12.0. The first-order valence-corrected chi connectivity index (χ1v) is 5.55. The summed E-state index contributed by atoms with van der Waals surface area (Å²) in [5.41, 5.74) is 10.4. The maximum atomic E-state index is 5.92. The molecule has 0 saturated carbocycles. The van der Waals surface area contributed by atoms with Gasteiger partial charge in [0.2, 0.25) is 0 Å². The van der Waals surface area contributed by atoms with E-state index in [0.717, 1.165) is 16.6 Å². The maximum absolute atomic E-state index is 5.92. The van der Waals surface area contributed by atoms with Crippen molar-refractivity contribution in [3.63, 3.8) is 0 Å². The van der Waals surface area contributed by atoms with Gasteiger partial charge in [-0.25, -0.2) is 0 Å². The molecule has 86 valence electrons. The largest absolute Gasteiger partial charge is 0.382 e. The Balaban J connectivity index is 3.02. The van der Waals surface area contributed by atoms with Gasteiger partial charge in [-0.2, -0.15) is 5.10 Å². The predicted molar refractivity (Wildman–Crippen MR) is 66.5 cm³/mol. The average Bonchev–Trinajstić information content (AvgIpc) is 2.47. The topological polar surface area (TPSA) is 56.7 Å². The number of nitrogen functional groups attached to an aromatic ring is 1. The molecular formula is C12H18N4. The van der Waals surface area contributed by atoms with E-state index >= 15 is 0 Å². The van der Waals surface area contributed by atoms with Gasteiger partial charge in [0.25, 0.3) is 0 Å². The fourth-order valence-corrected chi connectivity index (χ4v) is 2.37. The maximum Gasteiger partial charge on any atom is 0.155 e. The van der Waals surface area contributed by atoms with Gasteiger partial charge in [0, 0.05) is 17.1 Å². The molecule has 4 heteroatoms. The van der Waals surface area contributed by atoms with Crippen LogP contribution in [0.4, 0.5) is 5.82 Å². The normalized spacial score (nSPS) is 11.6. The van der Waals surface area contributed by atoms with E-state index in [0.29, 0.717) is 11.9 Å². The summed E-state index contributed by atoms with van der Waals surface area (Å²) < 4.78 is 2.28. The minimum Gasteiger partial charge on any atom is -0.382 e. The first-order chi connectivity index (χ1) is 7.45. The summed E-state index contributed by atoms with van der Waals surface area (Å²) in [6.45, 7) is 10.5. The highest BCUT2D eigenvalue weighted by Crippen LogP contribution is 2.32. The Kier molecular flexibility index (Phi) is 2.37. The van der Waals surface area contributed by atoms with Crippen LogP contribution < -0.4 is 5.73 Å². The summed E-state index contributed by atoms with van der Waals surface area (Å²) in [5.74, 6) is 0.528. The summed E-state index contributed by atoms with van der Waals surface area (Å²) in [6, 6.07) is 0.401. The second-order valence-corrected chi connectivity index (χ2v) is 4.57. The lowest BCUT2D eigenvalue weighted by Crippen LogP contribution is -2.05. The van der Waals surface area contributed by atoms with Gasteiger partial charge in [-0.3, -0.25) is 0 Å². The molecule has 16 heavy (non-hydrogen) atoms. The van der Waals surface area contributed by atoms with Crippen LogP contribution in [0.2, 0.25) is 0 Å². The first kappa shape index (κ1) is 10.9. The lowest BCUT2D eigenvalue weighted by molar-refractivity contribution is 0.604. The van der Waals surface area contributed by atoms with E-state index in [1.165, 1.54) is 11.3 Å². The quantitative estimate of drug-likeness (QED) is 0.800. The van der Waals surface area contributed by atoms with Gasteiger partial charge in [-0.15, -0.1) is 5.10 Å². The summed E-state index contributed by atoms with van der Waals surface area (Å²) in [6.07, 6.45) is 0. The van der Waals surface area contributed by atoms with Gasteiger partial charge < -0.3 is 10.3 Å². The standard InChI is InChI=1S/C12H18N4/c1-6(2)16-9(5)7(3)10-11(16)8(4)14-15-12(10)13/h6H,1-5H3,(H2,13,15). The van der Waals surface area contributed by atoms with E-state index in [9.17, 15) is 0 Å². The van der Waals surface area contributed by atoms with Crippen molar-refractivity contribution in [2.75, 3.05) is 5.73 Å². The average molecular weight is 218 g/mol. The Labute approximate surface area is 95.5 Å². The van der Waals surface area contributed by atoms with Crippen molar-refractivity contribution in [2.45, 2.75) is 40.7 Å². The fraction of sp³-hybridized carbons (Fsp3) is 0.500. The number of aryl methyl sites for hydroxylation is 2. The third-order valence-corrected chi connectivity index (χ3v) is 3.18. The van der Waals surface area contributed by atoms with E-state index in [2.05, 4.69) is 42.5 Å². The molecule has 0 aliphatic carbocycles. The second-order valence-electron chi connectivity index (χ2n) is 4.57. The van der Waals surface area contributed by atoms with Crippen LogP contribution in [0, 0.1) is 20.8 Å². The zero-order valence-electron chi connectivity index (χ0n) is 10.5. The Morgan fingerprint density at radius 2 is 1.75 bits per heavy atom. The highest BCUT2D eigenvalue weighted by atomic mass is 15.2. The van der Waals surface area contributed by atoms with Crippen LogP contribution in [-0.4, -0.2) is 14.8 Å². The fourth-order valence-electron chi connectivity index (χ4n) is 2.37. The lowest BCUT2D eigenvalue weighted by Gasteiger charge is -2.13. The van der Waals surface area contributed by atoms with Crippen molar-refractivity contribution in [1.29, 1.82) is 0 Å². The van der Waals surface area contributed by atoms with Gasteiger partial charge in [0.05, 0.1) is 11.2 Å². The minimum absolute atomic E-state index is 0.401. The molecule has 0 spiro atoms. The molecule has 0 amide bonds. The molecule has 0 bridgehead atoms. The first-order valence-electron chi connectivity index (χ1n) is 5.55. The monoisotopic (exact) mass is 218 g/mol. The van der Waals surface area contributed by atoms with Crippen molar-refractivity contribution >= 4 is 16.7 Å². The highest BCUT2D eigenvalue weighted by molar-refractivity contribution is 5.94. The van der Waals surface area contributed by atoms with Crippen LogP contribution in [0.1, 0.15) is 36.8 Å². The summed E-state index contributed by atoms with van der Waals surface area (Å²) in [7, 11) is 0. The number of aromatic nitrogens is 3. The third-order valence-electron chi connectivity index (χ3n) is 3.18. The molecule has 0 saturated heterocycles. The molecule has 0 unspecified atom stereocenters. The molecule has 2 N–H and O–H groups in total. The van der Waals surface area contributed by atoms with Gasteiger partial charge in [0.15, 0.2) is 5.82 Å². The van der Waals surface area contributed by atoms with Crippen LogP contribution in [0.5, 0.6) is 0 Å². The van der Waals surface area contributed by atoms with Crippen LogP contribution in [0.15, 0.2) is 0 Å². The van der Waals surface area contributed by atoms with E-state index < -0.39 is 0 Å². The molecule has 0 fully saturated rings. The van der Waals surface area contributed by atoms with E-state index in [1.54, 1.807) is 0 Å². The molecule has 2 heterocycles. The molecule has 4 nitrogen and oxygen atoms in total. The number of nitrogens with zero attached hydrogens (tertiary/aromatic N) is 3. The molecule has 2 aromatic heterocycles. The van der Waals surface area contributed by atoms with Crippen molar-refractivity contribution in [1.82, 2.24) is 14.8 Å². The number of anilines is 1. The minimum atomic E-state index is 0.401. The summed E-state index contributed by atoms with van der Waals surface area (Å²) in [5, 5.41) is 9.16. The Morgan fingerprint density at radius 3 is 2.31 bits per heavy atom. The second kappa shape index (κ2) is 3.47. The van der Waals surface area contributed by atoms with Crippen molar-refractivity contribution in [3.8, 4) is 0 Å². The van der Waals surface area contributed by atoms with E-state index in [1.807, 2.05) is 6.92 Å². The van der Waals surface area contributed by atoms with Crippen molar-refractivity contribution < 1.29 is 0 Å². The molecule has 0 aliphatic heterocycles. The predicted octanol–water partition coefficient (Wildman–Crippen LogP) is 2.52. The smallest absolute Gasteiger partial charge is 0.155 e. The van der Waals surface area contributed by atoms with Gasteiger partial charge in [-0.1, -0.05) is 0 Å². The zero-order valence-corrected chi connectivity index (χ0v) is 10.5. The number of hydrogen-bond donors (Lipinski definition) is 1. The molecular weight excluding hydrogens is 200 g/mol. The third kappa shape index (κ3) is 1.29. The summed E-state index contributed by atoms with van der Waals surface area (Å²) in [4.78, 5) is 0. The van der Waals surface area contributed by atoms with E-state index in [-0.39, 0.29) is 0 Å². The van der Waals surface area contributed by atoms with Crippen molar-refractivity contribution in [2.24, 2.45) is 0 Å². The molecule has 0 aromatic carbocycles. The SMILES string of the molecule is Cc1c(C)n(C(C)C)c2c(C)nnc(N)c12.